The van der Waals surface area contributed by atoms with E-state index >= 15 is 0 Å². The van der Waals surface area contributed by atoms with Gasteiger partial charge in [0.2, 0.25) is 6.41 Å². The van der Waals surface area contributed by atoms with E-state index in [9.17, 15) is 24.3 Å². The third-order valence-corrected chi connectivity index (χ3v) is 19.6. The number of para-hydroxylation sites is 1. The van der Waals surface area contributed by atoms with Crippen molar-refractivity contribution in [2.45, 2.75) is 116 Å². The lowest BCUT2D eigenvalue weighted by Gasteiger charge is -2.20. The third kappa shape index (κ3) is 18.3. The lowest BCUT2D eigenvalue weighted by atomic mass is 10.0. The Labute approximate surface area is 617 Å². The number of rotatable bonds is 22. The van der Waals surface area contributed by atoms with E-state index in [4.69, 9.17) is 84.1 Å². The smallest absolute Gasteiger partial charge is 0.267 e. The van der Waals surface area contributed by atoms with Gasteiger partial charge in [0.25, 0.3) is 17.7 Å². The van der Waals surface area contributed by atoms with Crippen molar-refractivity contribution in [3.8, 4) is 17.2 Å². The van der Waals surface area contributed by atoms with Gasteiger partial charge in [-0.15, -0.1) is 32.2 Å². The topological polar surface area (TPSA) is 254 Å². The SMILES string of the molecule is CCC(Oc1ccc(C)cc1C)C(=O)Nc1ccccc1SC1C(=O)N(c2c(Cl)cc(Cl)cc2Cl)NC1=Nc1cc(C)ccc1Cl.Cc1[nH]n2c(C(C)N(C)C=O)nnc2c1Cl.Cc1[nH]n2c(CCCc3ccc(NC(=O)C(C)Oc4ccc(Cc5ccc(O)cc5)cc4)cc3)nnc2c1Cl. The average molecular weight is 1500 g/mol. The first-order chi connectivity index (χ1) is 48.4. The zero-order valence-electron chi connectivity index (χ0n) is 56.4. The summed E-state index contributed by atoms with van der Waals surface area (Å²) in [5.74, 6) is 2.42. The fourth-order valence-corrected chi connectivity index (χ4v) is 13.2. The maximum Gasteiger partial charge on any atom is 0.267 e. The van der Waals surface area contributed by atoms with Gasteiger partial charge >= 0.3 is 0 Å². The summed E-state index contributed by atoms with van der Waals surface area (Å²) in [6, 6.07) is 44.0. The van der Waals surface area contributed by atoms with E-state index in [2.05, 4.69) is 46.7 Å². The molecule has 5 heterocycles. The van der Waals surface area contributed by atoms with Gasteiger partial charge in [0, 0.05) is 29.1 Å². The van der Waals surface area contributed by atoms with Gasteiger partial charge in [-0.3, -0.25) is 34.8 Å². The van der Waals surface area contributed by atoms with Gasteiger partial charge in [0.15, 0.2) is 35.2 Å². The Morgan fingerprint density at radius 3 is 1.98 bits per heavy atom. The number of phenols is 1. The summed E-state index contributed by atoms with van der Waals surface area (Å²) in [5, 5.41) is 40.6. The summed E-state index contributed by atoms with van der Waals surface area (Å²) in [6.45, 7) is 15.1. The van der Waals surface area contributed by atoms with Crippen LogP contribution in [0.5, 0.6) is 17.2 Å². The standard InChI is InChI=1S/C34H30Cl4N4O3S.C30H30ClN5O3.C9H12ClN5O/c1-5-27(45-28-13-11-18(2)14-20(28)4)33(43)40-25-8-6-7-9-29(25)46-31-32(39-26-15-19(3)10-12-22(26)36)41-42(34(31)44)30-23(37)16-21(35)17-24(30)38;1-19-28(31)29-34-33-27(36(29)35-19)5-3-4-21-6-12-24(13-7-21)32-30(38)20(2)39-26-16-10-23(11-17-26)18-22-8-14-25(37)15-9-22;1-5-7(10)9-12-11-8(15(9)13-5)6(2)14(3)4-16/h6-17,27,31H,5H2,1-4H3,(H,39,41)(H,40,43);6-17,20,35,37H,3-5,18H2,1-2H3,(H,32,38);4,6,13H,1-3H3. The second-order valence-corrected chi connectivity index (χ2v) is 27.6. The molecule has 7 aromatic carbocycles. The van der Waals surface area contributed by atoms with Gasteiger partial charge in [-0.2, -0.15) is 0 Å². The molecule has 4 unspecified atom stereocenters. The minimum absolute atomic E-state index is 0.165. The molecule has 0 saturated carbocycles. The molecule has 0 radical (unpaired) electrons. The number of aliphatic imine (C=N–C) groups is 1. The van der Waals surface area contributed by atoms with Crippen LogP contribution in [0.3, 0.4) is 0 Å². The zero-order chi connectivity index (χ0) is 72.3. The highest BCUT2D eigenvalue weighted by Crippen LogP contribution is 2.42. The number of aromatic nitrogens is 8. The Morgan fingerprint density at radius 2 is 1.32 bits per heavy atom. The molecular formula is C73H72Cl6N14O7S. The van der Waals surface area contributed by atoms with Crippen molar-refractivity contribution in [3.63, 3.8) is 0 Å². The molecule has 0 spiro atoms. The van der Waals surface area contributed by atoms with Crippen molar-refractivity contribution in [1.82, 2.24) is 49.9 Å². The van der Waals surface area contributed by atoms with Gasteiger partial charge in [-0.25, -0.2) is 19.0 Å². The molecule has 1 aliphatic rings. The number of aromatic amines is 2. The number of nitrogens with zero attached hydrogens (tertiary/aromatic N) is 9. The van der Waals surface area contributed by atoms with Crippen LogP contribution < -0.4 is 30.5 Å². The molecule has 1 fully saturated rings. The number of carbonyl (C=O) groups excluding carboxylic acids is 4. The molecule has 4 aromatic heterocycles. The number of ether oxygens (including phenoxy) is 2. The van der Waals surface area contributed by atoms with E-state index in [1.807, 2.05) is 156 Å². The van der Waals surface area contributed by atoms with E-state index in [1.54, 1.807) is 48.8 Å². The van der Waals surface area contributed by atoms with Crippen LogP contribution in [-0.2, 0) is 38.4 Å². The van der Waals surface area contributed by atoms with Crippen LogP contribution in [0.25, 0.3) is 11.3 Å². The lowest BCUT2D eigenvalue weighted by Crippen LogP contribution is -2.36. The van der Waals surface area contributed by atoms with Crippen LogP contribution in [0.2, 0.25) is 30.1 Å². The maximum absolute atomic E-state index is 14.1. The Morgan fingerprint density at radius 1 is 0.703 bits per heavy atom. The molecular weight excluding hydrogens is 1430 g/mol. The molecule has 4 amide bonds. The van der Waals surface area contributed by atoms with E-state index in [1.165, 1.54) is 39.4 Å². The summed E-state index contributed by atoms with van der Waals surface area (Å²) in [6.07, 6.45) is 3.10. The number of halogens is 6. The molecule has 1 aliphatic heterocycles. The van der Waals surface area contributed by atoms with Crippen molar-refractivity contribution in [3.05, 3.63) is 232 Å². The predicted octanol–water partition coefficient (Wildman–Crippen LogP) is 16.8. The number of fused-ring (bicyclic) bond motifs is 2. The monoisotopic (exact) mass is 1500 g/mol. The molecule has 101 heavy (non-hydrogen) atoms. The highest BCUT2D eigenvalue weighted by atomic mass is 35.5. The molecule has 0 aliphatic carbocycles. The second-order valence-electron chi connectivity index (χ2n) is 24.1. The average Bonchev–Trinajstić information content (AvgIpc) is 1.65. The Kier molecular flexibility index (Phi) is 24.7. The Hall–Kier alpha value is -9.26. The highest BCUT2D eigenvalue weighted by molar-refractivity contribution is 8.01. The Balaban J connectivity index is 0.000000180. The van der Waals surface area contributed by atoms with Gasteiger partial charge in [0.05, 0.1) is 43.9 Å². The third-order valence-electron chi connectivity index (χ3n) is 16.3. The number of nitrogens with one attached hydrogen (secondary N) is 5. The molecule has 11 aromatic rings. The Bertz CT molecular complexity index is 4810. The van der Waals surface area contributed by atoms with Crippen LogP contribution in [0.15, 0.2) is 155 Å². The van der Waals surface area contributed by atoms with Crippen molar-refractivity contribution in [1.29, 1.82) is 0 Å². The quantitative estimate of drug-likeness (QED) is 0.0346. The van der Waals surface area contributed by atoms with Crippen molar-refractivity contribution >= 4 is 145 Å². The van der Waals surface area contributed by atoms with E-state index in [0.29, 0.717) is 77.2 Å². The summed E-state index contributed by atoms with van der Waals surface area (Å²) in [7, 11) is 1.69. The maximum atomic E-state index is 14.1. The number of phenolic OH excluding ortho intramolecular Hbond substituents is 1. The number of hydrogen-bond donors (Lipinski definition) is 6. The number of H-pyrrole nitrogens is 2. The van der Waals surface area contributed by atoms with Crippen molar-refractivity contribution < 1.29 is 33.8 Å². The van der Waals surface area contributed by atoms with Crippen LogP contribution in [-0.4, -0.2) is 104 Å². The van der Waals surface area contributed by atoms with E-state index < -0.39 is 17.5 Å². The van der Waals surface area contributed by atoms with Crippen LogP contribution in [0.4, 0.5) is 22.7 Å². The summed E-state index contributed by atoms with van der Waals surface area (Å²) in [4.78, 5) is 57.8. The first-order valence-electron chi connectivity index (χ1n) is 32.0. The molecule has 28 heteroatoms. The summed E-state index contributed by atoms with van der Waals surface area (Å²) >= 11 is 39.1. The number of thioether (sulfide) groups is 1. The predicted molar refractivity (Wildman–Crippen MR) is 402 cm³/mol. The van der Waals surface area contributed by atoms with E-state index in [0.717, 1.165) is 82.8 Å². The zero-order valence-corrected chi connectivity index (χ0v) is 61.7. The van der Waals surface area contributed by atoms with Gasteiger partial charge in [-0.05, 0) is 181 Å². The van der Waals surface area contributed by atoms with Crippen LogP contribution in [0.1, 0.15) is 96.1 Å². The molecule has 21 nitrogen and oxygen atoms in total. The molecule has 12 rings (SSSR count). The molecule has 6 N–H and O–H groups in total. The highest BCUT2D eigenvalue weighted by Gasteiger charge is 2.42. The number of anilines is 3. The molecule has 524 valence electrons. The number of aromatic hydroxyl groups is 1. The number of amidine groups is 1. The summed E-state index contributed by atoms with van der Waals surface area (Å²) in [5.41, 5.74) is 14.4. The number of carbonyl (C=O) groups is 4. The minimum atomic E-state index is -0.883. The first-order valence-corrected chi connectivity index (χ1v) is 35.2. The fraction of sp³-hybridized carbons (Fsp3) is 0.247. The number of aryl methyl sites for hydroxylation is 7. The van der Waals surface area contributed by atoms with Gasteiger partial charge in [0.1, 0.15) is 44.1 Å². The van der Waals surface area contributed by atoms with Crippen LogP contribution in [0, 0.1) is 34.6 Å². The molecule has 0 bridgehead atoms. The van der Waals surface area contributed by atoms with E-state index in [-0.39, 0.29) is 45.2 Å². The molecule has 1 saturated heterocycles. The number of benzene rings is 7. The normalized spacial score (nSPS) is 14.0. The number of hydrazine groups is 1. The minimum Gasteiger partial charge on any atom is -0.508 e. The summed E-state index contributed by atoms with van der Waals surface area (Å²) < 4.78 is 15.5. The fourth-order valence-electron chi connectivity index (χ4n) is 10.7. The van der Waals surface area contributed by atoms with Gasteiger partial charge in [-0.1, -0.05) is 149 Å². The lowest BCUT2D eigenvalue weighted by molar-refractivity contribution is -0.123. The second kappa shape index (κ2) is 33.5. The number of amides is 4. The van der Waals surface area contributed by atoms with Crippen molar-refractivity contribution in [2.75, 3.05) is 22.7 Å². The largest absolute Gasteiger partial charge is 0.508 e. The number of hydrogen-bond acceptors (Lipinski definition) is 13. The van der Waals surface area contributed by atoms with Crippen molar-refractivity contribution in [2.24, 2.45) is 4.99 Å². The molecule has 4 atom stereocenters. The first kappa shape index (κ1) is 74.4. The van der Waals surface area contributed by atoms with Crippen LogP contribution >= 0.6 is 81.4 Å². The van der Waals surface area contributed by atoms with Gasteiger partial charge < -0.3 is 30.1 Å².